The number of rotatable bonds is 4. The van der Waals surface area contributed by atoms with Crippen LogP contribution >= 0.6 is 11.8 Å². The number of aromatic nitrogens is 1. The van der Waals surface area contributed by atoms with Crippen LogP contribution in [0.3, 0.4) is 0 Å². The SMILES string of the molecule is COC(=O)c1ccc(CSc2ccncc2N)cc1. The van der Waals surface area contributed by atoms with Gasteiger partial charge in [0.25, 0.3) is 0 Å². The van der Waals surface area contributed by atoms with Crippen molar-refractivity contribution in [3.05, 3.63) is 53.9 Å². The summed E-state index contributed by atoms with van der Waals surface area (Å²) in [6.07, 6.45) is 3.36. The third-order valence-electron chi connectivity index (χ3n) is 2.58. The summed E-state index contributed by atoms with van der Waals surface area (Å²) in [5.41, 5.74) is 8.18. The number of thioether (sulfide) groups is 1. The van der Waals surface area contributed by atoms with Crippen molar-refractivity contribution in [1.82, 2.24) is 4.98 Å². The van der Waals surface area contributed by atoms with Crippen molar-refractivity contribution >= 4 is 23.4 Å². The number of anilines is 1. The summed E-state index contributed by atoms with van der Waals surface area (Å²) >= 11 is 1.64. The zero-order valence-electron chi connectivity index (χ0n) is 10.5. The van der Waals surface area contributed by atoms with Crippen LogP contribution in [0.5, 0.6) is 0 Å². The Morgan fingerprint density at radius 1 is 1.32 bits per heavy atom. The van der Waals surface area contributed by atoms with Crippen molar-refractivity contribution in [2.75, 3.05) is 12.8 Å². The molecule has 5 heteroatoms. The molecule has 1 aromatic heterocycles. The molecular formula is C14H14N2O2S. The monoisotopic (exact) mass is 274 g/mol. The van der Waals surface area contributed by atoms with Gasteiger partial charge in [0.05, 0.1) is 24.6 Å². The number of carbonyl (C=O) groups excluding carboxylic acids is 1. The minimum absolute atomic E-state index is 0.322. The number of nitrogens with zero attached hydrogens (tertiary/aromatic N) is 1. The predicted octanol–water partition coefficient (Wildman–Crippen LogP) is 2.74. The van der Waals surface area contributed by atoms with E-state index in [1.165, 1.54) is 7.11 Å². The summed E-state index contributed by atoms with van der Waals surface area (Å²) in [7, 11) is 1.37. The van der Waals surface area contributed by atoms with Gasteiger partial charge in [0, 0.05) is 16.8 Å². The molecule has 2 rings (SSSR count). The van der Waals surface area contributed by atoms with E-state index in [1.54, 1.807) is 36.3 Å². The molecule has 0 saturated carbocycles. The second kappa shape index (κ2) is 6.24. The van der Waals surface area contributed by atoms with Crippen molar-refractivity contribution < 1.29 is 9.53 Å². The quantitative estimate of drug-likeness (QED) is 0.686. The first kappa shape index (κ1) is 13.4. The average molecular weight is 274 g/mol. The molecular weight excluding hydrogens is 260 g/mol. The topological polar surface area (TPSA) is 65.2 Å². The van der Waals surface area contributed by atoms with E-state index in [0.29, 0.717) is 11.3 Å². The number of carbonyl (C=O) groups is 1. The Morgan fingerprint density at radius 3 is 2.68 bits per heavy atom. The summed E-state index contributed by atoms with van der Waals surface area (Å²) in [6.45, 7) is 0. The van der Waals surface area contributed by atoms with Gasteiger partial charge in [-0.25, -0.2) is 4.79 Å². The fourth-order valence-electron chi connectivity index (χ4n) is 1.54. The summed E-state index contributed by atoms with van der Waals surface area (Å²) in [4.78, 5) is 16.3. The molecule has 0 bridgehead atoms. The summed E-state index contributed by atoms with van der Waals surface area (Å²) < 4.78 is 4.65. The smallest absolute Gasteiger partial charge is 0.337 e. The van der Waals surface area contributed by atoms with Crippen LogP contribution in [0.2, 0.25) is 0 Å². The van der Waals surface area contributed by atoms with Crippen LogP contribution in [-0.2, 0) is 10.5 Å². The minimum atomic E-state index is -0.322. The minimum Gasteiger partial charge on any atom is -0.465 e. The van der Waals surface area contributed by atoms with E-state index in [2.05, 4.69) is 9.72 Å². The lowest BCUT2D eigenvalue weighted by Crippen LogP contribution is -2.00. The van der Waals surface area contributed by atoms with Crippen LogP contribution in [0.1, 0.15) is 15.9 Å². The highest BCUT2D eigenvalue weighted by atomic mass is 32.2. The van der Waals surface area contributed by atoms with E-state index in [1.807, 2.05) is 18.2 Å². The molecule has 0 saturated heterocycles. The van der Waals surface area contributed by atoms with Gasteiger partial charge >= 0.3 is 5.97 Å². The molecule has 0 aliphatic heterocycles. The van der Waals surface area contributed by atoms with Crippen LogP contribution in [0, 0.1) is 0 Å². The van der Waals surface area contributed by atoms with Gasteiger partial charge in [-0.05, 0) is 23.8 Å². The molecule has 2 N–H and O–H groups in total. The number of nitrogens with two attached hydrogens (primary N) is 1. The standard InChI is InChI=1S/C14H14N2O2S/c1-18-14(17)11-4-2-10(3-5-11)9-19-13-6-7-16-8-12(13)15/h2-8H,9,15H2,1H3. The van der Waals surface area contributed by atoms with Gasteiger partial charge in [0.1, 0.15) is 0 Å². The van der Waals surface area contributed by atoms with Crippen molar-refractivity contribution in [3.8, 4) is 0 Å². The molecule has 0 fully saturated rings. The van der Waals surface area contributed by atoms with Crippen LogP contribution in [0.4, 0.5) is 5.69 Å². The molecule has 0 amide bonds. The van der Waals surface area contributed by atoms with E-state index in [0.717, 1.165) is 16.2 Å². The number of hydrogen-bond acceptors (Lipinski definition) is 5. The van der Waals surface area contributed by atoms with Crippen LogP contribution in [0.15, 0.2) is 47.6 Å². The normalized spacial score (nSPS) is 10.2. The largest absolute Gasteiger partial charge is 0.465 e. The summed E-state index contributed by atoms with van der Waals surface area (Å²) in [5, 5.41) is 0. The average Bonchev–Trinajstić information content (AvgIpc) is 2.46. The zero-order chi connectivity index (χ0) is 13.7. The molecule has 1 heterocycles. The number of pyridine rings is 1. The lowest BCUT2D eigenvalue weighted by Gasteiger charge is -2.05. The molecule has 0 aliphatic rings. The van der Waals surface area contributed by atoms with E-state index >= 15 is 0 Å². The van der Waals surface area contributed by atoms with Crippen molar-refractivity contribution in [2.24, 2.45) is 0 Å². The predicted molar refractivity (Wildman–Crippen MR) is 76.0 cm³/mol. The maximum atomic E-state index is 11.3. The molecule has 0 atom stereocenters. The van der Waals surface area contributed by atoms with Crippen molar-refractivity contribution in [1.29, 1.82) is 0 Å². The lowest BCUT2D eigenvalue weighted by molar-refractivity contribution is 0.0600. The second-order valence-electron chi connectivity index (χ2n) is 3.89. The number of benzene rings is 1. The van der Waals surface area contributed by atoms with E-state index in [-0.39, 0.29) is 5.97 Å². The molecule has 0 aliphatic carbocycles. The van der Waals surface area contributed by atoms with Crippen LogP contribution in [0.25, 0.3) is 0 Å². The highest BCUT2D eigenvalue weighted by Gasteiger charge is 2.05. The number of nitrogen functional groups attached to an aromatic ring is 1. The number of ether oxygens (including phenoxy) is 1. The highest BCUT2D eigenvalue weighted by Crippen LogP contribution is 2.27. The molecule has 0 radical (unpaired) electrons. The molecule has 1 aromatic carbocycles. The number of esters is 1. The van der Waals surface area contributed by atoms with Crippen LogP contribution < -0.4 is 5.73 Å². The first-order valence-electron chi connectivity index (χ1n) is 5.70. The second-order valence-corrected chi connectivity index (χ2v) is 4.91. The number of hydrogen-bond donors (Lipinski definition) is 1. The Hall–Kier alpha value is -2.01. The molecule has 98 valence electrons. The maximum Gasteiger partial charge on any atom is 0.337 e. The molecule has 4 nitrogen and oxygen atoms in total. The Balaban J connectivity index is 2.01. The van der Waals surface area contributed by atoms with Crippen LogP contribution in [-0.4, -0.2) is 18.1 Å². The molecule has 0 spiro atoms. The molecule has 0 unspecified atom stereocenters. The third kappa shape index (κ3) is 3.48. The van der Waals surface area contributed by atoms with Gasteiger partial charge in [0.2, 0.25) is 0 Å². The fraction of sp³-hybridized carbons (Fsp3) is 0.143. The Morgan fingerprint density at radius 2 is 2.05 bits per heavy atom. The first-order chi connectivity index (χ1) is 9.20. The maximum absolute atomic E-state index is 11.3. The van der Waals surface area contributed by atoms with Gasteiger partial charge in [-0.15, -0.1) is 11.8 Å². The van der Waals surface area contributed by atoms with Gasteiger partial charge in [-0.3, -0.25) is 4.98 Å². The zero-order valence-corrected chi connectivity index (χ0v) is 11.3. The third-order valence-corrected chi connectivity index (χ3v) is 3.74. The van der Waals surface area contributed by atoms with Gasteiger partial charge in [-0.2, -0.15) is 0 Å². The highest BCUT2D eigenvalue weighted by molar-refractivity contribution is 7.98. The summed E-state index contributed by atoms with van der Waals surface area (Å²) in [5.74, 6) is 0.466. The van der Waals surface area contributed by atoms with E-state index in [9.17, 15) is 4.79 Å². The summed E-state index contributed by atoms with van der Waals surface area (Å²) in [6, 6.07) is 9.24. The lowest BCUT2D eigenvalue weighted by atomic mass is 10.1. The van der Waals surface area contributed by atoms with Crippen molar-refractivity contribution in [2.45, 2.75) is 10.6 Å². The number of methoxy groups -OCH3 is 1. The first-order valence-corrected chi connectivity index (χ1v) is 6.69. The van der Waals surface area contributed by atoms with E-state index < -0.39 is 0 Å². The van der Waals surface area contributed by atoms with Gasteiger partial charge in [0.15, 0.2) is 0 Å². The molecule has 2 aromatic rings. The Labute approximate surface area is 116 Å². The Kier molecular flexibility index (Phi) is 4.41. The van der Waals surface area contributed by atoms with Crippen molar-refractivity contribution in [3.63, 3.8) is 0 Å². The molecule has 19 heavy (non-hydrogen) atoms. The van der Waals surface area contributed by atoms with Gasteiger partial charge in [-0.1, -0.05) is 12.1 Å². The Bertz CT molecular complexity index is 570. The fourth-order valence-corrected chi connectivity index (χ4v) is 2.43. The van der Waals surface area contributed by atoms with Gasteiger partial charge < -0.3 is 10.5 Å². The van der Waals surface area contributed by atoms with E-state index in [4.69, 9.17) is 5.73 Å².